The molecule has 2 aromatic carbocycles. The predicted molar refractivity (Wildman–Crippen MR) is 231 cm³/mol. The molecule has 1 saturated heterocycles. The minimum Gasteiger partial charge on any atom is -0.465 e. The molecule has 0 radical (unpaired) electrons. The van der Waals surface area contributed by atoms with E-state index in [1.165, 1.54) is 44.4 Å². The Morgan fingerprint density at radius 3 is 2.00 bits per heavy atom. The molecular formula is C42H42Cl4F2N6O7. The third-order valence-corrected chi connectivity index (χ3v) is 10.5. The van der Waals surface area contributed by atoms with Crippen molar-refractivity contribution in [1.82, 2.24) is 15.3 Å². The van der Waals surface area contributed by atoms with Crippen molar-refractivity contribution in [2.75, 3.05) is 30.4 Å². The second-order valence-corrected chi connectivity index (χ2v) is 15.6. The van der Waals surface area contributed by atoms with Gasteiger partial charge in [0.25, 0.3) is 5.91 Å². The molecule has 3 aliphatic rings. The molecule has 5 heterocycles. The lowest BCUT2D eigenvalue weighted by molar-refractivity contribution is -0.146. The van der Waals surface area contributed by atoms with Gasteiger partial charge in [-0.2, -0.15) is 0 Å². The second-order valence-electron chi connectivity index (χ2n) is 14.1. The van der Waals surface area contributed by atoms with Gasteiger partial charge in [-0.15, -0.1) is 0 Å². The van der Waals surface area contributed by atoms with Crippen LogP contribution in [0.1, 0.15) is 69.7 Å². The Hall–Kier alpha value is -5.03. The van der Waals surface area contributed by atoms with Gasteiger partial charge in [0.2, 0.25) is 5.91 Å². The number of hydrogen-bond donors (Lipinski definition) is 4. The number of amides is 2. The normalized spacial score (nSPS) is 19.5. The quantitative estimate of drug-likeness (QED) is 0.0834. The fourth-order valence-electron chi connectivity index (χ4n) is 7.20. The molecule has 3 atom stereocenters. The van der Waals surface area contributed by atoms with Crippen LogP contribution in [0.25, 0.3) is 11.6 Å². The molecule has 3 aliphatic heterocycles. The van der Waals surface area contributed by atoms with Gasteiger partial charge in [0.15, 0.2) is 21.9 Å². The van der Waals surface area contributed by atoms with Crippen LogP contribution in [0.4, 0.5) is 20.2 Å². The Kier molecular flexibility index (Phi) is 16.5. The number of carbonyl (C=O) groups excluding carboxylic acids is 5. The first kappa shape index (κ1) is 48.6. The number of halogens is 6. The summed E-state index contributed by atoms with van der Waals surface area (Å²) in [6.07, 6.45) is 4.18. The van der Waals surface area contributed by atoms with Gasteiger partial charge in [-0.05, 0) is 95.1 Å². The number of fused-ring (bicyclic) bond motifs is 3. The van der Waals surface area contributed by atoms with Gasteiger partial charge in [-0.3, -0.25) is 24.5 Å². The van der Waals surface area contributed by atoms with Crippen LogP contribution < -0.4 is 21.7 Å². The minimum atomic E-state index is -1.32. The Morgan fingerprint density at radius 1 is 0.836 bits per heavy atom. The zero-order chi connectivity index (χ0) is 45.4. The Morgan fingerprint density at radius 2 is 1.41 bits per heavy atom. The van der Waals surface area contributed by atoms with E-state index in [0.717, 1.165) is 0 Å². The maximum Gasteiger partial charge on any atom is 0.323 e. The number of aromatic nitrogens is 2. The van der Waals surface area contributed by atoms with Crippen LogP contribution >= 0.6 is 46.4 Å². The lowest BCUT2D eigenvalue weighted by Crippen LogP contribution is -2.55. The highest BCUT2D eigenvalue weighted by atomic mass is 35.5. The monoisotopic (exact) mass is 920 g/mol. The van der Waals surface area contributed by atoms with Crippen molar-refractivity contribution < 1.29 is 42.2 Å². The van der Waals surface area contributed by atoms with Gasteiger partial charge in [0.1, 0.15) is 17.2 Å². The summed E-state index contributed by atoms with van der Waals surface area (Å²) in [7, 11) is 0. The van der Waals surface area contributed by atoms with E-state index >= 15 is 4.39 Å². The van der Waals surface area contributed by atoms with Crippen molar-refractivity contribution >= 4 is 99.0 Å². The number of rotatable bonds is 6. The summed E-state index contributed by atoms with van der Waals surface area (Å²) in [5.74, 6) is -3.78. The van der Waals surface area contributed by atoms with Gasteiger partial charge in [0.05, 0.1) is 25.4 Å². The van der Waals surface area contributed by atoms with E-state index in [9.17, 15) is 28.4 Å². The highest BCUT2D eigenvalue weighted by Crippen LogP contribution is 2.59. The van der Waals surface area contributed by atoms with E-state index in [1.807, 2.05) is 13.8 Å². The number of Topliss-reactive ketones (excluding diaryl/α,β-unsaturated/α-hetero) is 1. The number of nitrogens with two attached hydrogens (primary N) is 1. The van der Waals surface area contributed by atoms with Crippen LogP contribution in [0.3, 0.4) is 0 Å². The maximum absolute atomic E-state index is 15.2. The number of ketones is 1. The number of esters is 2. The summed E-state index contributed by atoms with van der Waals surface area (Å²) in [5, 5.41) is 9.19. The molecule has 7 rings (SSSR count). The first-order valence-electron chi connectivity index (χ1n) is 18.6. The molecule has 2 aromatic heterocycles. The fraction of sp³-hybridized carbons (Fsp3) is 0.310. The number of hydrogen-bond acceptors (Lipinski definition) is 11. The minimum absolute atomic E-state index is 0.0200. The molecule has 0 aliphatic carbocycles. The van der Waals surface area contributed by atoms with Gasteiger partial charge in [0, 0.05) is 56.3 Å². The zero-order valence-corrected chi connectivity index (χ0v) is 36.7. The van der Waals surface area contributed by atoms with Crippen molar-refractivity contribution in [2.24, 2.45) is 5.73 Å². The topological polar surface area (TPSA) is 192 Å². The molecule has 2 amide bonds. The average molecular weight is 923 g/mol. The maximum atomic E-state index is 15.2. The van der Waals surface area contributed by atoms with Crippen LogP contribution in [0.15, 0.2) is 60.9 Å². The number of anilines is 2. The summed E-state index contributed by atoms with van der Waals surface area (Å²) in [5.41, 5.74) is 5.72. The summed E-state index contributed by atoms with van der Waals surface area (Å²) in [6, 6.07) is 12.0. The second kappa shape index (κ2) is 20.7. The number of pyridine rings is 2. The van der Waals surface area contributed by atoms with Crippen molar-refractivity contribution in [3.63, 3.8) is 0 Å². The van der Waals surface area contributed by atoms with Crippen molar-refractivity contribution in [3.05, 3.63) is 115 Å². The third kappa shape index (κ3) is 10.5. The van der Waals surface area contributed by atoms with E-state index in [2.05, 4.69) is 30.7 Å². The molecule has 19 heteroatoms. The largest absolute Gasteiger partial charge is 0.465 e. The van der Waals surface area contributed by atoms with Gasteiger partial charge < -0.3 is 30.6 Å². The Balaban J connectivity index is 0.000000226. The number of benzene rings is 2. The van der Waals surface area contributed by atoms with E-state index in [1.54, 1.807) is 50.2 Å². The van der Waals surface area contributed by atoms with Crippen LogP contribution in [0, 0.1) is 11.6 Å². The molecule has 61 heavy (non-hydrogen) atoms. The number of nitrogens with one attached hydrogen (secondary N) is 3. The molecule has 0 saturated carbocycles. The van der Waals surface area contributed by atoms with Crippen LogP contribution in [-0.4, -0.2) is 70.8 Å². The number of nitrogens with zero attached hydrogens (tertiary/aromatic N) is 2. The molecule has 1 spiro atoms. The van der Waals surface area contributed by atoms with Crippen molar-refractivity contribution in [3.8, 4) is 0 Å². The first-order chi connectivity index (χ1) is 28.7. The van der Waals surface area contributed by atoms with Crippen molar-refractivity contribution in [1.29, 1.82) is 0 Å². The van der Waals surface area contributed by atoms with E-state index in [-0.39, 0.29) is 58.2 Å². The lowest BCUT2D eigenvalue weighted by atomic mass is 9.60. The van der Waals surface area contributed by atoms with Gasteiger partial charge in [-0.1, -0.05) is 58.5 Å². The Bertz CT molecular complexity index is 2380. The average Bonchev–Trinajstić information content (AvgIpc) is 3.76. The first-order valence-corrected chi connectivity index (χ1v) is 20.1. The lowest BCUT2D eigenvalue weighted by Gasteiger charge is -2.40. The van der Waals surface area contributed by atoms with Crippen molar-refractivity contribution in [2.45, 2.75) is 64.5 Å². The van der Waals surface area contributed by atoms with Crippen LogP contribution in [-0.2, 0) is 38.9 Å². The SMILES string of the molecule is CC(C)=O.CCOC(=O)CN.CCOC(=O)[C@@H]1NC(C)(C)[C@@]2(C(=O)Nc3cc(Cl)ccc32)[C@H]1c1ccnc(Cl)c1F.O=C1Nc2cc(Cl)ccc2C1=Cc1ccnc(Cl)c1F. The zero-order valence-electron chi connectivity index (χ0n) is 33.7. The molecule has 324 valence electrons. The molecule has 1 fully saturated rings. The smallest absolute Gasteiger partial charge is 0.323 e. The van der Waals surface area contributed by atoms with E-state index in [0.29, 0.717) is 44.7 Å². The highest BCUT2D eigenvalue weighted by Gasteiger charge is 2.70. The number of carbonyl (C=O) groups is 5. The highest BCUT2D eigenvalue weighted by molar-refractivity contribution is 6.37. The standard InChI is InChI=1S/C21H20Cl2FN3O3.C14H7Cl2FN2O.C4H9NO2.C3H6O/c1-4-30-18(28)16-14(11-7-8-25-17(23)15(11)24)21(20(2,3)27-16)12-6-5-10(22)9-13(12)26-19(21)29;15-8-1-2-9-10(14(20)19-11(9)6-8)5-7-3-4-18-13(16)12(7)17;1-2-7-4(6)3-5;1-3(2)4/h5-9,14,16,27H,4H2,1-3H3,(H,26,29);1-6H,(H,19,20);2-3,5H2,1H3;1-2H3/t14-,16+,21+;;;/m0.../s1. The van der Waals surface area contributed by atoms with Crippen LogP contribution in [0.2, 0.25) is 20.4 Å². The fourth-order valence-corrected chi connectivity index (χ4v) is 7.88. The predicted octanol–water partition coefficient (Wildman–Crippen LogP) is 7.94. The molecule has 4 aromatic rings. The van der Waals surface area contributed by atoms with Crippen LogP contribution in [0.5, 0.6) is 0 Å². The van der Waals surface area contributed by atoms with E-state index in [4.69, 9.17) is 56.9 Å². The molecule has 5 N–H and O–H groups in total. The number of ether oxygens (including phenoxy) is 2. The summed E-state index contributed by atoms with van der Waals surface area (Å²) in [6.45, 7) is 10.6. The van der Waals surface area contributed by atoms with E-state index < -0.39 is 40.5 Å². The summed E-state index contributed by atoms with van der Waals surface area (Å²) in [4.78, 5) is 65.4. The van der Waals surface area contributed by atoms with Gasteiger partial charge in [-0.25, -0.2) is 18.7 Å². The molecule has 0 bridgehead atoms. The molecule has 13 nitrogen and oxygen atoms in total. The molecular weight excluding hydrogens is 880 g/mol. The summed E-state index contributed by atoms with van der Waals surface area (Å²) >= 11 is 23.6. The third-order valence-electron chi connectivity index (χ3n) is 9.48. The van der Waals surface area contributed by atoms with Gasteiger partial charge >= 0.3 is 11.9 Å². The molecule has 0 unspecified atom stereocenters. The summed E-state index contributed by atoms with van der Waals surface area (Å²) < 4.78 is 38.7. The Labute approximate surface area is 370 Å².